The van der Waals surface area contributed by atoms with Gasteiger partial charge in [0.1, 0.15) is 0 Å². The lowest BCUT2D eigenvalue weighted by atomic mass is 9.80. The molecule has 0 saturated carbocycles. The molecule has 0 aliphatic rings. The van der Waals surface area contributed by atoms with Crippen molar-refractivity contribution in [2.75, 3.05) is 5.33 Å². The third kappa shape index (κ3) is 3.58. The number of alkyl halides is 1. The Hall–Kier alpha value is -0.830. The van der Waals surface area contributed by atoms with Gasteiger partial charge in [-0.05, 0) is 36.8 Å². The molecule has 0 aliphatic carbocycles. The molecule has 1 atom stereocenters. The minimum Gasteiger partial charge on any atom is -0.481 e. The van der Waals surface area contributed by atoms with Crippen molar-refractivity contribution in [2.24, 2.45) is 5.92 Å². The van der Waals surface area contributed by atoms with E-state index < -0.39 is 11.4 Å². The minimum absolute atomic E-state index is 0.589. The van der Waals surface area contributed by atoms with E-state index in [9.17, 15) is 9.90 Å². The second-order valence-corrected chi connectivity index (χ2v) is 6.16. The molecule has 0 heterocycles. The van der Waals surface area contributed by atoms with Gasteiger partial charge in [-0.3, -0.25) is 4.79 Å². The molecule has 1 rings (SSSR count). The summed E-state index contributed by atoms with van der Waals surface area (Å²) in [5, 5.41) is 10.1. The second kappa shape index (κ2) is 6.37. The third-order valence-corrected chi connectivity index (χ3v) is 3.70. The molecule has 1 aromatic rings. The number of carbonyl (C=O) groups is 1. The smallest absolute Gasteiger partial charge is 0.313 e. The first-order valence-corrected chi connectivity index (χ1v) is 7.41. The fourth-order valence-corrected chi connectivity index (χ4v) is 2.84. The second-order valence-electron chi connectivity index (χ2n) is 5.37. The minimum atomic E-state index is -0.806. The van der Waals surface area contributed by atoms with E-state index in [1.165, 1.54) is 5.56 Å². The highest BCUT2D eigenvalue weighted by molar-refractivity contribution is 9.09. The average molecular weight is 313 g/mol. The predicted molar refractivity (Wildman–Crippen MR) is 78.4 cm³/mol. The van der Waals surface area contributed by atoms with Gasteiger partial charge in [-0.2, -0.15) is 0 Å². The largest absolute Gasteiger partial charge is 0.481 e. The predicted octanol–water partition coefficient (Wildman–Crippen LogP) is 4.01. The number of hydrogen-bond donors (Lipinski definition) is 1. The lowest BCUT2D eigenvalue weighted by Crippen LogP contribution is -2.32. The fourth-order valence-electron chi connectivity index (χ4n) is 2.04. The molecular formula is C15H21BrO2. The molecule has 0 saturated heterocycles. The highest BCUT2D eigenvalue weighted by Crippen LogP contribution is 2.29. The molecule has 0 bridgehead atoms. The van der Waals surface area contributed by atoms with Crippen molar-refractivity contribution in [3.63, 3.8) is 0 Å². The monoisotopic (exact) mass is 312 g/mol. The number of rotatable bonds is 6. The highest BCUT2D eigenvalue weighted by atomic mass is 79.9. The maximum Gasteiger partial charge on any atom is 0.313 e. The van der Waals surface area contributed by atoms with E-state index in [0.717, 1.165) is 12.0 Å². The quantitative estimate of drug-likeness (QED) is 0.806. The van der Waals surface area contributed by atoms with Crippen LogP contribution in [0.15, 0.2) is 24.3 Å². The van der Waals surface area contributed by atoms with Crippen molar-refractivity contribution in [3.05, 3.63) is 35.4 Å². The zero-order valence-electron chi connectivity index (χ0n) is 11.2. The van der Waals surface area contributed by atoms with E-state index in [1.807, 2.05) is 24.3 Å². The van der Waals surface area contributed by atoms with Crippen LogP contribution in [0.2, 0.25) is 0 Å². The molecule has 0 aromatic heterocycles. The van der Waals surface area contributed by atoms with Crippen LogP contribution in [0.1, 0.15) is 38.3 Å². The number of hydrogen-bond acceptors (Lipinski definition) is 1. The van der Waals surface area contributed by atoms with Gasteiger partial charge in [-0.1, -0.05) is 54.0 Å². The van der Waals surface area contributed by atoms with E-state index in [-0.39, 0.29) is 0 Å². The molecule has 1 N–H and O–H groups in total. The van der Waals surface area contributed by atoms with Gasteiger partial charge in [0.2, 0.25) is 0 Å². The van der Waals surface area contributed by atoms with Crippen LogP contribution in [0, 0.1) is 5.92 Å². The molecule has 1 unspecified atom stereocenters. The van der Waals surface area contributed by atoms with Gasteiger partial charge >= 0.3 is 5.97 Å². The van der Waals surface area contributed by atoms with Crippen molar-refractivity contribution >= 4 is 21.9 Å². The van der Waals surface area contributed by atoms with Gasteiger partial charge < -0.3 is 5.11 Å². The zero-order chi connectivity index (χ0) is 13.8. The summed E-state index contributed by atoms with van der Waals surface area (Å²) in [4.78, 5) is 11.5. The molecule has 1 aromatic carbocycles. The van der Waals surface area contributed by atoms with Crippen molar-refractivity contribution in [3.8, 4) is 0 Å². The van der Waals surface area contributed by atoms with Crippen LogP contribution in [0.3, 0.4) is 0 Å². The Kier molecular flexibility index (Phi) is 5.39. The van der Waals surface area contributed by atoms with Gasteiger partial charge in [0.15, 0.2) is 0 Å². The topological polar surface area (TPSA) is 37.3 Å². The van der Waals surface area contributed by atoms with Crippen molar-refractivity contribution in [2.45, 2.75) is 39.0 Å². The summed E-state index contributed by atoms with van der Waals surface area (Å²) in [5.74, 6) is -0.150. The van der Waals surface area contributed by atoms with Gasteiger partial charge in [0, 0.05) is 5.33 Å². The third-order valence-electron chi connectivity index (χ3n) is 3.30. The van der Waals surface area contributed by atoms with Crippen molar-refractivity contribution < 1.29 is 9.90 Å². The van der Waals surface area contributed by atoms with Crippen molar-refractivity contribution in [1.29, 1.82) is 0 Å². The van der Waals surface area contributed by atoms with E-state index in [2.05, 4.69) is 29.8 Å². The Balaban J connectivity index is 2.97. The normalized spacial score (nSPS) is 14.5. The first kappa shape index (κ1) is 15.2. The van der Waals surface area contributed by atoms with Gasteiger partial charge in [-0.15, -0.1) is 0 Å². The number of halogens is 1. The summed E-state index contributed by atoms with van der Waals surface area (Å²) in [6, 6.07) is 8.00. The summed E-state index contributed by atoms with van der Waals surface area (Å²) in [7, 11) is 0. The lowest BCUT2D eigenvalue weighted by Gasteiger charge is -2.24. The number of aliphatic carboxylic acids is 1. The SMILES string of the molecule is CC(C)Cc1ccc(C(C)(CCBr)C(=O)O)cc1. The number of carboxylic acid groups (broad SMARTS) is 1. The van der Waals surface area contributed by atoms with Crippen LogP contribution in [0.4, 0.5) is 0 Å². The van der Waals surface area contributed by atoms with Gasteiger partial charge in [0.25, 0.3) is 0 Å². The first-order valence-electron chi connectivity index (χ1n) is 6.29. The summed E-state index contributed by atoms with van der Waals surface area (Å²) in [5.41, 5.74) is 1.34. The van der Waals surface area contributed by atoms with Crippen LogP contribution in [-0.2, 0) is 16.6 Å². The van der Waals surface area contributed by atoms with E-state index in [0.29, 0.717) is 17.7 Å². The van der Waals surface area contributed by atoms with Crippen LogP contribution >= 0.6 is 15.9 Å². The summed E-state index contributed by atoms with van der Waals surface area (Å²) in [6.45, 7) is 6.15. The molecule has 2 nitrogen and oxygen atoms in total. The maximum absolute atomic E-state index is 11.5. The number of benzene rings is 1. The van der Waals surface area contributed by atoms with Gasteiger partial charge in [0.05, 0.1) is 5.41 Å². The Morgan fingerprint density at radius 3 is 2.28 bits per heavy atom. The molecule has 0 aliphatic heterocycles. The Bertz CT molecular complexity index is 397. The van der Waals surface area contributed by atoms with Crippen LogP contribution in [0.25, 0.3) is 0 Å². The molecule has 18 heavy (non-hydrogen) atoms. The fraction of sp³-hybridized carbons (Fsp3) is 0.533. The summed E-state index contributed by atoms with van der Waals surface area (Å²) >= 11 is 3.33. The van der Waals surface area contributed by atoms with Crippen LogP contribution in [-0.4, -0.2) is 16.4 Å². The average Bonchev–Trinajstić information content (AvgIpc) is 2.29. The number of carboxylic acids is 1. The van der Waals surface area contributed by atoms with E-state index in [4.69, 9.17) is 0 Å². The molecule has 0 spiro atoms. The van der Waals surface area contributed by atoms with Crippen molar-refractivity contribution in [1.82, 2.24) is 0 Å². The molecule has 0 fully saturated rings. The molecular weight excluding hydrogens is 292 g/mol. The Labute approximate surface area is 118 Å². The molecule has 100 valence electrons. The van der Waals surface area contributed by atoms with E-state index >= 15 is 0 Å². The van der Waals surface area contributed by atoms with E-state index in [1.54, 1.807) is 6.92 Å². The van der Waals surface area contributed by atoms with Crippen LogP contribution < -0.4 is 0 Å². The lowest BCUT2D eigenvalue weighted by molar-refractivity contribution is -0.143. The maximum atomic E-state index is 11.5. The summed E-state index contributed by atoms with van der Waals surface area (Å²) in [6.07, 6.45) is 1.62. The molecule has 3 heteroatoms. The Morgan fingerprint density at radius 1 is 1.33 bits per heavy atom. The summed E-state index contributed by atoms with van der Waals surface area (Å²) < 4.78 is 0. The van der Waals surface area contributed by atoms with Gasteiger partial charge in [-0.25, -0.2) is 0 Å². The highest BCUT2D eigenvalue weighted by Gasteiger charge is 2.34. The molecule has 0 radical (unpaired) electrons. The zero-order valence-corrected chi connectivity index (χ0v) is 12.8. The Morgan fingerprint density at radius 2 is 1.89 bits per heavy atom. The molecule has 0 amide bonds. The first-order chi connectivity index (χ1) is 8.40. The van der Waals surface area contributed by atoms with Crippen LogP contribution in [0.5, 0.6) is 0 Å². The standard InChI is InChI=1S/C15H21BrO2/c1-11(2)10-12-4-6-13(7-5-12)15(3,8-9-16)14(17)18/h4-7,11H,8-10H2,1-3H3,(H,17,18).